The number of hydrogen-bond donors (Lipinski definition) is 0. The van der Waals surface area contributed by atoms with Crippen LogP contribution in [0.3, 0.4) is 0 Å². The Bertz CT molecular complexity index is 276. The molecule has 1 aliphatic heterocycles. The maximum Gasteiger partial charge on any atom is 0.339 e. The van der Waals surface area contributed by atoms with Gasteiger partial charge in [0, 0.05) is 25.6 Å². The first-order valence-electron chi connectivity index (χ1n) is 4.90. The summed E-state index contributed by atoms with van der Waals surface area (Å²) in [6.45, 7) is 2.00. The summed E-state index contributed by atoms with van der Waals surface area (Å²) >= 11 is 0. The van der Waals surface area contributed by atoms with Crippen LogP contribution in [0.25, 0.3) is 0 Å². The molecule has 0 radical (unpaired) electrons. The van der Waals surface area contributed by atoms with Crippen LogP contribution in [0.1, 0.15) is 23.2 Å². The van der Waals surface area contributed by atoms with Crippen LogP contribution < -0.4 is 0 Å². The molecular formula is C11H15NO3. The summed E-state index contributed by atoms with van der Waals surface area (Å²) in [6, 6.07) is 3.34. The normalized spacial score (nSPS) is 13.9. The van der Waals surface area contributed by atoms with Crippen molar-refractivity contribution in [3.63, 3.8) is 0 Å². The number of ether oxygens (including phenoxy) is 2. The Hall–Kier alpha value is -1.42. The lowest BCUT2D eigenvalue weighted by atomic mass is 10.3. The predicted molar refractivity (Wildman–Crippen MR) is 55.6 cm³/mol. The van der Waals surface area contributed by atoms with Gasteiger partial charge in [0.1, 0.15) is 0 Å². The average molecular weight is 209 g/mol. The Balaban J connectivity index is 0.000000187. The Morgan fingerprint density at radius 3 is 2.60 bits per heavy atom. The maximum absolute atomic E-state index is 10.8. The van der Waals surface area contributed by atoms with Crippen molar-refractivity contribution in [2.45, 2.75) is 12.8 Å². The van der Waals surface area contributed by atoms with Crippen molar-refractivity contribution in [3.05, 3.63) is 30.1 Å². The first kappa shape index (κ1) is 11.7. The van der Waals surface area contributed by atoms with Crippen LogP contribution >= 0.6 is 0 Å². The number of pyridine rings is 1. The van der Waals surface area contributed by atoms with Gasteiger partial charge in [-0.25, -0.2) is 4.79 Å². The largest absolute Gasteiger partial charge is 0.465 e. The van der Waals surface area contributed by atoms with E-state index in [1.807, 2.05) is 0 Å². The smallest absolute Gasteiger partial charge is 0.339 e. The minimum Gasteiger partial charge on any atom is -0.465 e. The van der Waals surface area contributed by atoms with E-state index in [1.165, 1.54) is 26.1 Å². The fourth-order valence-corrected chi connectivity index (χ4v) is 1.11. The maximum atomic E-state index is 10.8. The van der Waals surface area contributed by atoms with Crippen molar-refractivity contribution < 1.29 is 14.3 Å². The average Bonchev–Trinajstić information content (AvgIpc) is 2.88. The van der Waals surface area contributed by atoms with Crippen molar-refractivity contribution in [1.82, 2.24) is 4.98 Å². The topological polar surface area (TPSA) is 48.4 Å². The van der Waals surface area contributed by atoms with Crippen molar-refractivity contribution in [2.75, 3.05) is 20.3 Å². The van der Waals surface area contributed by atoms with E-state index in [1.54, 1.807) is 18.3 Å². The molecule has 15 heavy (non-hydrogen) atoms. The summed E-state index contributed by atoms with van der Waals surface area (Å²) < 4.78 is 9.40. The molecule has 2 heterocycles. The Labute approximate surface area is 89.2 Å². The fraction of sp³-hybridized carbons (Fsp3) is 0.455. The predicted octanol–water partition coefficient (Wildman–Crippen LogP) is 1.67. The second-order valence-corrected chi connectivity index (χ2v) is 3.05. The van der Waals surface area contributed by atoms with Crippen molar-refractivity contribution >= 4 is 5.97 Å². The molecule has 0 unspecified atom stereocenters. The fourth-order valence-electron chi connectivity index (χ4n) is 1.11. The molecule has 0 atom stereocenters. The number of esters is 1. The van der Waals surface area contributed by atoms with Gasteiger partial charge in [-0.15, -0.1) is 0 Å². The Morgan fingerprint density at radius 1 is 1.47 bits per heavy atom. The second-order valence-electron chi connectivity index (χ2n) is 3.05. The van der Waals surface area contributed by atoms with E-state index >= 15 is 0 Å². The van der Waals surface area contributed by atoms with E-state index < -0.39 is 0 Å². The molecule has 1 saturated heterocycles. The van der Waals surface area contributed by atoms with Crippen LogP contribution in [-0.4, -0.2) is 31.3 Å². The molecule has 0 saturated carbocycles. The standard InChI is InChI=1S/C7H7NO2.C4H8O/c1-10-7(9)6-3-2-4-8-5-6;1-2-4-5-3-1/h2-5H,1H3;1-4H2. The zero-order valence-corrected chi connectivity index (χ0v) is 8.81. The third-order valence-corrected chi connectivity index (χ3v) is 1.91. The van der Waals surface area contributed by atoms with Gasteiger partial charge in [0.15, 0.2) is 0 Å². The van der Waals surface area contributed by atoms with Crippen LogP contribution in [0.4, 0.5) is 0 Å². The number of nitrogens with zero attached hydrogens (tertiary/aromatic N) is 1. The number of carbonyl (C=O) groups excluding carboxylic acids is 1. The highest BCUT2D eigenvalue weighted by molar-refractivity contribution is 5.88. The van der Waals surface area contributed by atoms with E-state index in [0.717, 1.165) is 13.2 Å². The molecule has 82 valence electrons. The quantitative estimate of drug-likeness (QED) is 0.660. The van der Waals surface area contributed by atoms with Gasteiger partial charge in [-0.05, 0) is 25.0 Å². The van der Waals surface area contributed by atoms with Crippen LogP contribution in [-0.2, 0) is 9.47 Å². The molecular weight excluding hydrogens is 194 g/mol. The number of hydrogen-bond acceptors (Lipinski definition) is 4. The third-order valence-electron chi connectivity index (χ3n) is 1.91. The van der Waals surface area contributed by atoms with Crippen LogP contribution in [0, 0.1) is 0 Å². The van der Waals surface area contributed by atoms with E-state index in [-0.39, 0.29) is 5.97 Å². The molecule has 2 rings (SSSR count). The zero-order valence-electron chi connectivity index (χ0n) is 8.81. The van der Waals surface area contributed by atoms with Crippen LogP contribution in [0.15, 0.2) is 24.5 Å². The van der Waals surface area contributed by atoms with Crippen LogP contribution in [0.2, 0.25) is 0 Å². The summed E-state index contributed by atoms with van der Waals surface area (Å²) in [5.74, 6) is -0.354. The highest BCUT2D eigenvalue weighted by atomic mass is 16.5. The van der Waals surface area contributed by atoms with Gasteiger partial charge >= 0.3 is 5.97 Å². The van der Waals surface area contributed by atoms with Crippen molar-refractivity contribution in [2.24, 2.45) is 0 Å². The molecule has 0 N–H and O–H groups in total. The molecule has 1 aromatic heterocycles. The molecule has 4 nitrogen and oxygen atoms in total. The van der Waals surface area contributed by atoms with Crippen molar-refractivity contribution in [1.29, 1.82) is 0 Å². The van der Waals surface area contributed by atoms with Gasteiger partial charge in [0.25, 0.3) is 0 Å². The molecule has 0 aliphatic carbocycles. The van der Waals surface area contributed by atoms with E-state index in [4.69, 9.17) is 4.74 Å². The molecule has 0 aromatic carbocycles. The lowest BCUT2D eigenvalue weighted by Gasteiger charge is -1.94. The molecule has 1 aliphatic rings. The highest BCUT2D eigenvalue weighted by Gasteiger charge is 2.01. The second kappa shape index (κ2) is 6.95. The van der Waals surface area contributed by atoms with Gasteiger partial charge in [-0.1, -0.05) is 0 Å². The summed E-state index contributed by atoms with van der Waals surface area (Å²) in [5, 5.41) is 0. The molecule has 0 bridgehead atoms. The third kappa shape index (κ3) is 4.56. The molecule has 1 fully saturated rings. The highest BCUT2D eigenvalue weighted by Crippen LogP contribution is 1.98. The Morgan fingerprint density at radius 2 is 2.20 bits per heavy atom. The SMILES string of the molecule is C1CCOC1.COC(=O)c1cccnc1. The summed E-state index contributed by atoms with van der Waals surface area (Å²) in [4.78, 5) is 14.5. The lowest BCUT2D eigenvalue weighted by Crippen LogP contribution is -2.00. The number of aromatic nitrogens is 1. The number of carbonyl (C=O) groups is 1. The van der Waals surface area contributed by atoms with Gasteiger partial charge < -0.3 is 9.47 Å². The molecule has 1 aromatic rings. The van der Waals surface area contributed by atoms with E-state index in [0.29, 0.717) is 5.56 Å². The summed E-state index contributed by atoms with van der Waals surface area (Å²) in [7, 11) is 1.34. The van der Waals surface area contributed by atoms with E-state index in [2.05, 4.69) is 9.72 Å². The number of methoxy groups -OCH3 is 1. The minimum absolute atomic E-state index is 0.354. The van der Waals surface area contributed by atoms with Gasteiger partial charge in [0.2, 0.25) is 0 Å². The minimum atomic E-state index is -0.354. The zero-order chi connectivity index (χ0) is 10.9. The lowest BCUT2D eigenvalue weighted by molar-refractivity contribution is 0.0600. The monoisotopic (exact) mass is 209 g/mol. The molecule has 0 amide bonds. The Kier molecular flexibility index (Phi) is 5.40. The van der Waals surface area contributed by atoms with Gasteiger partial charge in [0.05, 0.1) is 12.7 Å². The summed E-state index contributed by atoms with van der Waals surface area (Å²) in [6.07, 6.45) is 5.62. The van der Waals surface area contributed by atoms with Gasteiger partial charge in [-0.3, -0.25) is 4.98 Å². The first-order valence-corrected chi connectivity index (χ1v) is 4.90. The first-order chi connectivity index (χ1) is 7.34. The van der Waals surface area contributed by atoms with Crippen LogP contribution in [0.5, 0.6) is 0 Å². The summed E-state index contributed by atoms with van der Waals surface area (Å²) in [5.41, 5.74) is 0.477. The molecule has 4 heteroatoms. The number of rotatable bonds is 1. The van der Waals surface area contributed by atoms with E-state index in [9.17, 15) is 4.79 Å². The van der Waals surface area contributed by atoms with Gasteiger partial charge in [-0.2, -0.15) is 0 Å². The molecule has 0 spiro atoms. The van der Waals surface area contributed by atoms with Crippen molar-refractivity contribution in [3.8, 4) is 0 Å².